The summed E-state index contributed by atoms with van der Waals surface area (Å²) in [6.45, 7) is 3.67. The van der Waals surface area contributed by atoms with E-state index >= 15 is 0 Å². The van der Waals surface area contributed by atoms with E-state index in [-0.39, 0.29) is 10.9 Å². The highest BCUT2D eigenvalue weighted by Crippen LogP contribution is 2.16. The number of nitrogens with one attached hydrogen (secondary N) is 1. The number of sulfonamides is 1. The normalized spacial score (nSPS) is 13.2. The second kappa shape index (κ2) is 7.05. The van der Waals surface area contributed by atoms with Crippen LogP contribution >= 0.6 is 11.8 Å². The summed E-state index contributed by atoms with van der Waals surface area (Å²) < 4.78 is 39.8. The zero-order valence-corrected chi connectivity index (χ0v) is 12.7. The predicted molar refractivity (Wildman–Crippen MR) is 76.1 cm³/mol. The first-order chi connectivity index (χ1) is 9.27. The van der Waals surface area contributed by atoms with Crippen LogP contribution in [-0.2, 0) is 10.0 Å². The van der Waals surface area contributed by atoms with Gasteiger partial charge in [-0.2, -0.15) is 11.8 Å². The van der Waals surface area contributed by atoms with E-state index in [0.29, 0.717) is 5.75 Å². The maximum atomic E-state index is 13.2. The minimum Gasteiger partial charge on any atom is -0.478 e. The smallest absolute Gasteiger partial charge is 0.338 e. The minimum atomic E-state index is -3.86. The van der Waals surface area contributed by atoms with E-state index in [1.165, 1.54) is 0 Å². The molecule has 0 saturated carbocycles. The van der Waals surface area contributed by atoms with Gasteiger partial charge in [0.25, 0.3) is 0 Å². The Morgan fingerprint density at radius 3 is 2.70 bits per heavy atom. The van der Waals surface area contributed by atoms with Crippen LogP contribution in [0.15, 0.2) is 23.1 Å². The molecule has 0 radical (unpaired) electrons. The first-order valence-electron chi connectivity index (χ1n) is 5.91. The van der Waals surface area contributed by atoms with E-state index in [2.05, 4.69) is 4.72 Å². The van der Waals surface area contributed by atoms with Crippen LogP contribution in [-0.4, -0.2) is 37.0 Å². The highest BCUT2D eigenvalue weighted by Gasteiger charge is 2.20. The Morgan fingerprint density at radius 2 is 2.15 bits per heavy atom. The van der Waals surface area contributed by atoms with E-state index in [1.807, 2.05) is 6.92 Å². The lowest BCUT2D eigenvalue weighted by atomic mass is 10.2. The number of aromatic carboxylic acids is 1. The molecule has 1 unspecified atom stereocenters. The van der Waals surface area contributed by atoms with Gasteiger partial charge in [-0.3, -0.25) is 0 Å². The molecule has 2 N–H and O–H groups in total. The van der Waals surface area contributed by atoms with Crippen molar-refractivity contribution in [3.63, 3.8) is 0 Å². The van der Waals surface area contributed by atoms with Gasteiger partial charge >= 0.3 is 5.97 Å². The lowest BCUT2D eigenvalue weighted by molar-refractivity contribution is 0.0691. The van der Waals surface area contributed by atoms with Crippen molar-refractivity contribution >= 4 is 27.8 Å². The Bertz CT molecular complexity index is 589. The Hall–Kier alpha value is -1.12. The minimum absolute atomic E-state index is 0.260. The largest absolute Gasteiger partial charge is 0.478 e. The van der Waals surface area contributed by atoms with Crippen LogP contribution in [0.25, 0.3) is 0 Å². The molecule has 20 heavy (non-hydrogen) atoms. The van der Waals surface area contributed by atoms with Crippen molar-refractivity contribution in [2.75, 3.05) is 11.5 Å². The molecule has 0 heterocycles. The molecular weight excluding hydrogens is 305 g/mol. The Morgan fingerprint density at radius 1 is 1.50 bits per heavy atom. The molecule has 0 amide bonds. The van der Waals surface area contributed by atoms with Gasteiger partial charge in [0.05, 0.1) is 10.5 Å². The summed E-state index contributed by atoms with van der Waals surface area (Å²) in [5, 5.41) is 8.80. The van der Waals surface area contributed by atoms with Crippen molar-refractivity contribution in [1.82, 2.24) is 4.72 Å². The summed E-state index contributed by atoms with van der Waals surface area (Å²) in [5.41, 5.74) is -0.663. The Labute approximate surface area is 121 Å². The van der Waals surface area contributed by atoms with Crippen LogP contribution in [0, 0.1) is 5.82 Å². The van der Waals surface area contributed by atoms with Crippen molar-refractivity contribution in [2.24, 2.45) is 0 Å². The molecule has 1 atom stereocenters. The second-order valence-electron chi connectivity index (χ2n) is 4.13. The SMILES string of the molecule is CCSCC(C)NS(=O)(=O)c1ccc(F)c(C(=O)O)c1. The number of halogens is 1. The number of carboxylic acid groups (broad SMARTS) is 1. The third-order valence-corrected chi connectivity index (χ3v) is 5.14. The molecule has 0 aromatic heterocycles. The van der Waals surface area contributed by atoms with Crippen LogP contribution in [0.2, 0.25) is 0 Å². The van der Waals surface area contributed by atoms with E-state index < -0.39 is 27.4 Å². The molecule has 1 aromatic carbocycles. The predicted octanol–water partition coefficient (Wildman–Crippen LogP) is 1.94. The molecule has 112 valence electrons. The Kier molecular flexibility index (Phi) is 5.97. The van der Waals surface area contributed by atoms with Gasteiger partial charge in [-0.15, -0.1) is 0 Å². The van der Waals surface area contributed by atoms with Gasteiger partial charge in [0.2, 0.25) is 10.0 Å². The molecule has 0 aliphatic carbocycles. The van der Waals surface area contributed by atoms with Gasteiger partial charge in [0.1, 0.15) is 5.82 Å². The van der Waals surface area contributed by atoms with Gasteiger partial charge < -0.3 is 5.11 Å². The van der Waals surface area contributed by atoms with Gasteiger partial charge in [-0.05, 0) is 30.9 Å². The van der Waals surface area contributed by atoms with Gasteiger partial charge in [0.15, 0.2) is 0 Å². The van der Waals surface area contributed by atoms with Crippen LogP contribution in [0.3, 0.4) is 0 Å². The zero-order valence-electron chi connectivity index (χ0n) is 11.1. The summed E-state index contributed by atoms with van der Waals surface area (Å²) in [6, 6.07) is 2.40. The molecule has 1 aromatic rings. The van der Waals surface area contributed by atoms with Crippen molar-refractivity contribution in [1.29, 1.82) is 0 Å². The fourth-order valence-corrected chi connectivity index (χ4v) is 3.54. The summed E-state index contributed by atoms with van der Waals surface area (Å²) in [6.07, 6.45) is 0. The van der Waals surface area contributed by atoms with Crippen LogP contribution in [0.1, 0.15) is 24.2 Å². The van der Waals surface area contributed by atoms with E-state index in [4.69, 9.17) is 5.11 Å². The number of carbonyl (C=O) groups is 1. The monoisotopic (exact) mass is 321 g/mol. The maximum absolute atomic E-state index is 13.2. The average molecular weight is 321 g/mol. The van der Waals surface area contributed by atoms with Crippen LogP contribution in [0.4, 0.5) is 4.39 Å². The average Bonchev–Trinajstić information content (AvgIpc) is 2.35. The summed E-state index contributed by atoms with van der Waals surface area (Å²) in [5.74, 6) is -1.01. The fraction of sp³-hybridized carbons (Fsp3) is 0.417. The molecule has 8 heteroatoms. The lowest BCUT2D eigenvalue weighted by Gasteiger charge is -2.14. The third-order valence-electron chi connectivity index (χ3n) is 2.41. The molecule has 5 nitrogen and oxygen atoms in total. The lowest BCUT2D eigenvalue weighted by Crippen LogP contribution is -2.34. The number of hydrogen-bond acceptors (Lipinski definition) is 4. The Balaban J connectivity index is 2.98. The fourth-order valence-electron chi connectivity index (χ4n) is 1.50. The highest BCUT2D eigenvalue weighted by atomic mass is 32.2. The number of carboxylic acids is 1. The standard InChI is InChI=1S/C12H16FNO4S2/c1-3-19-7-8(2)14-20(17,18)9-4-5-11(13)10(6-9)12(15)16/h4-6,8,14H,3,7H2,1-2H3,(H,15,16). The third kappa shape index (κ3) is 4.46. The van der Waals surface area contributed by atoms with Gasteiger partial charge in [0, 0.05) is 11.8 Å². The summed E-state index contributed by atoms with van der Waals surface area (Å²) in [4.78, 5) is 10.5. The second-order valence-corrected chi connectivity index (χ2v) is 7.16. The van der Waals surface area contributed by atoms with Crippen molar-refractivity contribution in [3.05, 3.63) is 29.6 Å². The molecular formula is C12H16FNO4S2. The first kappa shape index (κ1) is 16.9. The number of hydrogen-bond donors (Lipinski definition) is 2. The number of thioether (sulfide) groups is 1. The molecule has 0 spiro atoms. The first-order valence-corrected chi connectivity index (χ1v) is 8.54. The zero-order chi connectivity index (χ0) is 15.3. The molecule has 0 saturated heterocycles. The summed E-state index contributed by atoms with van der Waals surface area (Å²) in [7, 11) is -3.86. The number of benzene rings is 1. The van der Waals surface area contributed by atoms with E-state index in [0.717, 1.165) is 24.0 Å². The summed E-state index contributed by atoms with van der Waals surface area (Å²) >= 11 is 1.58. The quantitative estimate of drug-likeness (QED) is 0.802. The molecule has 0 aliphatic rings. The van der Waals surface area contributed by atoms with Gasteiger partial charge in [-0.1, -0.05) is 6.92 Å². The van der Waals surface area contributed by atoms with Crippen molar-refractivity contribution in [2.45, 2.75) is 24.8 Å². The van der Waals surface area contributed by atoms with E-state index in [1.54, 1.807) is 18.7 Å². The maximum Gasteiger partial charge on any atom is 0.338 e. The topological polar surface area (TPSA) is 83.5 Å². The van der Waals surface area contributed by atoms with Gasteiger partial charge in [-0.25, -0.2) is 22.3 Å². The van der Waals surface area contributed by atoms with Crippen molar-refractivity contribution < 1.29 is 22.7 Å². The van der Waals surface area contributed by atoms with E-state index in [9.17, 15) is 17.6 Å². The van der Waals surface area contributed by atoms with Crippen LogP contribution in [0.5, 0.6) is 0 Å². The highest BCUT2D eigenvalue weighted by molar-refractivity contribution is 7.99. The number of rotatable bonds is 7. The molecule has 0 aliphatic heterocycles. The molecule has 0 fully saturated rings. The molecule has 0 bridgehead atoms. The molecule has 1 rings (SSSR count). The van der Waals surface area contributed by atoms with Crippen molar-refractivity contribution in [3.8, 4) is 0 Å². The van der Waals surface area contributed by atoms with Crippen LogP contribution < -0.4 is 4.72 Å².